The normalized spacial score (nSPS) is 10.8. The van der Waals surface area contributed by atoms with Gasteiger partial charge in [-0.3, -0.25) is 4.79 Å². The minimum atomic E-state index is -0.537. The highest BCUT2D eigenvalue weighted by Crippen LogP contribution is 2.27. The molecule has 4 aromatic rings. The van der Waals surface area contributed by atoms with E-state index in [1.54, 1.807) is 67.6 Å². The van der Waals surface area contributed by atoms with Gasteiger partial charge in [-0.1, -0.05) is 29.8 Å². The van der Waals surface area contributed by atoms with Crippen LogP contribution in [0.2, 0.25) is 5.02 Å². The third-order valence-electron chi connectivity index (χ3n) is 4.69. The Morgan fingerprint density at radius 3 is 2.47 bits per heavy atom. The van der Waals surface area contributed by atoms with E-state index in [2.05, 4.69) is 0 Å². The number of fused-ring (bicyclic) bond motifs is 1. The predicted octanol–water partition coefficient (Wildman–Crippen LogP) is 5.65. The first-order valence-corrected chi connectivity index (χ1v) is 9.53. The van der Waals surface area contributed by atoms with Crippen LogP contribution >= 0.6 is 11.6 Å². The summed E-state index contributed by atoms with van der Waals surface area (Å²) >= 11 is 5.94. The zero-order chi connectivity index (χ0) is 21.3. The number of methoxy groups -OCH3 is 1. The molecular formula is C24H17ClO5. The van der Waals surface area contributed by atoms with Crippen LogP contribution in [0, 0.1) is 6.92 Å². The van der Waals surface area contributed by atoms with E-state index in [0.29, 0.717) is 38.6 Å². The van der Waals surface area contributed by atoms with Gasteiger partial charge in [-0.2, -0.15) is 0 Å². The third-order valence-corrected chi connectivity index (χ3v) is 4.94. The summed E-state index contributed by atoms with van der Waals surface area (Å²) in [6.45, 7) is 1.72. The lowest BCUT2D eigenvalue weighted by Crippen LogP contribution is -2.10. The van der Waals surface area contributed by atoms with Crippen molar-refractivity contribution in [3.8, 4) is 22.6 Å². The van der Waals surface area contributed by atoms with E-state index in [4.69, 9.17) is 25.5 Å². The molecule has 0 saturated carbocycles. The van der Waals surface area contributed by atoms with Gasteiger partial charge in [-0.05, 0) is 55.0 Å². The number of benzene rings is 3. The Balaban J connectivity index is 1.69. The van der Waals surface area contributed by atoms with E-state index >= 15 is 0 Å². The molecule has 30 heavy (non-hydrogen) atoms. The molecule has 0 amide bonds. The summed E-state index contributed by atoms with van der Waals surface area (Å²) in [5, 5.41) is 0.982. The molecule has 0 fully saturated rings. The topological polar surface area (TPSA) is 65.7 Å². The van der Waals surface area contributed by atoms with E-state index in [0.717, 1.165) is 5.56 Å². The highest BCUT2D eigenvalue weighted by molar-refractivity contribution is 6.30. The van der Waals surface area contributed by atoms with Crippen molar-refractivity contribution in [2.45, 2.75) is 6.92 Å². The number of hydrogen-bond donors (Lipinski definition) is 0. The number of carbonyl (C=O) groups excluding carboxylic acids is 1. The minimum Gasteiger partial charge on any atom is -0.497 e. The number of carbonyl (C=O) groups is 1. The van der Waals surface area contributed by atoms with Crippen LogP contribution in [0.25, 0.3) is 22.1 Å². The lowest BCUT2D eigenvalue weighted by molar-refractivity contribution is 0.0734. The second-order valence-electron chi connectivity index (χ2n) is 6.65. The Bertz CT molecular complexity index is 1310. The van der Waals surface area contributed by atoms with Gasteiger partial charge in [-0.15, -0.1) is 0 Å². The van der Waals surface area contributed by atoms with E-state index in [9.17, 15) is 9.59 Å². The Labute approximate surface area is 177 Å². The third kappa shape index (κ3) is 3.80. The highest BCUT2D eigenvalue weighted by Gasteiger charge is 2.16. The minimum absolute atomic E-state index is 0.165. The Kier molecular flexibility index (Phi) is 5.29. The molecule has 0 radical (unpaired) electrons. The Hall–Kier alpha value is -3.57. The molecular weight excluding hydrogens is 404 g/mol. The lowest BCUT2D eigenvalue weighted by atomic mass is 10.0. The number of halogens is 1. The molecule has 4 rings (SSSR count). The van der Waals surface area contributed by atoms with Crippen LogP contribution in [-0.2, 0) is 0 Å². The van der Waals surface area contributed by atoms with Crippen LogP contribution in [0.5, 0.6) is 11.5 Å². The summed E-state index contributed by atoms with van der Waals surface area (Å²) in [7, 11) is 1.52. The number of esters is 1. The number of aryl methyl sites for hydroxylation is 1. The van der Waals surface area contributed by atoms with E-state index in [1.807, 2.05) is 0 Å². The second-order valence-corrected chi connectivity index (χ2v) is 7.09. The molecule has 0 atom stereocenters. The van der Waals surface area contributed by atoms with Gasteiger partial charge in [0.05, 0.1) is 23.6 Å². The fourth-order valence-electron chi connectivity index (χ4n) is 3.22. The summed E-state index contributed by atoms with van der Waals surface area (Å²) in [5.74, 6) is 0.757. The maximum Gasteiger partial charge on any atom is 0.343 e. The van der Waals surface area contributed by atoms with Gasteiger partial charge in [-0.25, -0.2) is 4.79 Å². The van der Waals surface area contributed by atoms with Crippen molar-refractivity contribution >= 4 is 28.5 Å². The lowest BCUT2D eigenvalue weighted by Gasteiger charge is -2.09. The molecule has 0 saturated heterocycles. The van der Waals surface area contributed by atoms with Gasteiger partial charge in [0.1, 0.15) is 22.8 Å². The zero-order valence-electron chi connectivity index (χ0n) is 16.3. The van der Waals surface area contributed by atoms with Crippen molar-refractivity contribution in [3.63, 3.8) is 0 Å². The molecule has 0 bridgehead atoms. The highest BCUT2D eigenvalue weighted by atomic mass is 35.5. The summed E-state index contributed by atoms with van der Waals surface area (Å²) in [6, 6.07) is 18.4. The maximum absolute atomic E-state index is 13.0. The molecule has 1 aromatic heterocycles. The van der Waals surface area contributed by atoms with Crippen molar-refractivity contribution in [1.29, 1.82) is 0 Å². The van der Waals surface area contributed by atoms with Crippen LogP contribution in [0.15, 0.2) is 75.9 Å². The molecule has 0 spiro atoms. The molecule has 0 aliphatic heterocycles. The zero-order valence-corrected chi connectivity index (χ0v) is 17.0. The largest absolute Gasteiger partial charge is 0.497 e. The van der Waals surface area contributed by atoms with Crippen molar-refractivity contribution in [1.82, 2.24) is 0 Å². The van der Waals surface area contributed by atoms with Gasteiger partial charge >= 0.3 is 5.97 Å². The molecule has 5 nitrogen and oxygen atoms in total. The van der Waals surface area contributed by atoms with Crippen molar-refractivity contribution in [2.24, 2.45) is 0 Å². The summed E-state index contributed by atoms with van der Waals surface area (Å²) in [4.78, 5) is 25.5. The molecule has 0 unspecified atom stereocenters. The van der Waals surface area contributed by atoms with Crippen molar-refractivity contribution < 1.29 is 18.7 Å². The van der Waals surface area contributed by atoms with Crippen LogP contribution in [0.4, 0.5) is 0 Å². The molecule has 0 aliphatic rings. The SMILES string of the molecule is COc1cccc(C(=O)Oc2ccc3c(=O)c(-c4ccc(Cl)cc4)c(C)oc3c2)c1. The second kappa shape index (κ2) is 8.05. The fraction of sp³-hybridized carbons (Fsp3) is 0.0833. The predicted molar refractivity (Wildman–Crippen MR) is 116 cm³/mol. The van der Waals surface area contributed by atoms with Crippen LogP contribution in [0.3, 0.4) is 0 Å². The first kappa shape index (κ1) is 19.7. The quantitative estimate of drug-likeness (QED) is 0.315. The number of hydrogen-bond acceptors (Lipinski definition) is 5. The van der Waals surface area contributed by atoms with Gasteiger partial charge < -0.3 is 13.9 Å². The molecule has 3 aromatic carbocycles. The van der Waals surface area contributed by atoms with E-state index in [1.165, 1.54) is 13.2 Å². The first-order valence-electron chi connectivity index (χ1n) is 9.16. The van der Waals surface area contributed by atoms with Crippen LogP contribution < -0.4 is 14.9 Å². The van der Waals surface area contributed by atoms with Gasteiger partial charge in [0.25, 0.3) is 0 Å². The monoisotopic (exact) mass is 420 g/mol. The average Bonchev–Trinajstić information content (AvgIpc) is 2.75. The molecule has 1 heterocycles. The first-order chi connectivity index (χ1) is 14.5. The number of ether oxygens (including phenoxy) is 2. The van der Waals surface area contributed by atoms with Gasteiger partial charge in [0, 0.05) is 11.1 Å². The van der Waals surface area contributed by atoms with Gasteiger partial charge in [0.2, 0.25) is 5.43 Å². The summed E-state index contributed by atoms with van der Waals surface area (Å²) in [6.07, 6.45) is 0. The smallest absolute Gasteiger partial charge is 0.343 e. The molecule has 0 aliphatic carbocycles. The van der Waals surface area contributed by atoms with E-state index in [-0.39, 0.29) is 11.2 Å². The maximum atomic E-state index is 13.0. The van der Waals surface area contributed by atoms with Crippen molar-refractivity contribution in [3.05, 3.63) is 93.3 Å². The van der Waals surface area contributed by atoms with E-state index < -0.39 is 5.97 Å². The summed E-state index contributed by atoms with van der Waals surface area (Å²) < 4.78 is 16.5. The summed E-state index contributed by atoms with van der Waals surface area (Å²) in [5.41, 5.74) is 1.72. The Morgan fingerprint density at radius 1 is 0.967 bits per heavy atom. The number of rotatable bonds is 4. The average molecular weight is 421 g/mol. The fourth-order valence-corrected chi connectivity index (χ4v) is 3.34. The standard InChI is InChI=1S/C24H17ClO5/c1-14-22(15-6-8-17(25)9-7-15)23(26)20-11-10-19(13-21(20)29-14)30-24(27)16-4-3-5-18(12-16)28-2/h3-13H,1-2H3. The van der Waals surface area contributed by atoms with Crippen LogP contribution in [-0.4, -0.2) is 13.1 Å². The van der Waals surface area contributed by atoms with Gasteiger partial charge in [0.15, 0.2) is 0 Å². The molecule has 6 heteroatoms. The van der Waals surface area contributed by atoms with Crippen LogP contribution in [0.1, 0.15) is 16.1 Å². The molecule has 150 valence electrons. The Morgan fingerprint density at radius 2 is 1.73 bits per heavy atom. The molecule has 0 N–H and O–H groups in total. The van der Waals surface area contributed by atoms with Crippen molar-refractivity contribution in [2.75, 3.05) is 7.11 Å².